The second-order valence-corrected chi connectivity index (χ2v) is 8.82. The number of para-hydroxylation sites is 2. The van der Waals surface area contributed by atoms with E-state index in [-0.39, 0.29) is 29.0 Å². The van der Waals surface area contributed by atoms with Gasteiger partial charge in [-0.15, -0.1) is 0 Å². The van der Waals surface area contributed by atoms with Crippen molar-refractivity contribution in [3.8, 4) is 11.3 Å². The highest BCUT2D eigenvalue weighted by molar-refractivity contribution is 6.06. The molecule has 1 aromatic heterocycles. The largest absolute Gasteiger partial charge is 0.455 e. The Hall–Kier alpha value is -4.39. The summed E-state index contributed by atoms with van der Waals surface area (Å²) in [6.45, 7) is 4.25. The van der Waals surface area contributed by atoms with Crippen molar-refractivity contribution in [1.82, 2.24) is 10.2 Å². The van der Waals surface area contributed by atoms with Gasteiger partial charge in [0.05, 0.1) is 17.5 Å². The summed E-state index contributed by atoms with van der Waals surface area (Å²) in [5, 5.41) is 3.05. The molecule has 1 aliphatic rings. The maximum absolute atomic E-state index is 13.1. The Kier molecular flexibility index (Phi) is 6.54. The van der Waals surface area contributed by atoms with Crippen molar-refractivity contribution < 1.29 is 14.0 Å². The van der Waals surface area contributed by atoms with Gasteiger partial charge in [0, 0.05) is 43.0 Å². The second-order valence-electron chi connectivity index (χ2n) is 8.82. The molecule has 0 saturated carbocycles. The number of carbonyl (C=O) groups excluding carboxylic acids is 2. The van der Waals surface area contributed by atoms with Crippen molar-refractivity contribution >= 4 is 28.5 Å². The smallest absolute Gasteiger partial charge is 0.255 e. The number of rotatable bonds is 5. The molecule has 0 atom stereocenters. The predicted molar refractivity (Wildman–Crippen MR) is 140 cm³/mol. The molecule has 0 aliphatic carbocycles. The minimum absolute atomic E-state index is 0.123. The summed E-state index contributed by atoms with van der Waals surface area (Å²) in [5.41, 5.74) is 2.64. The molecule has 2 amide bonds. The van der Waals surface area contributed by atoms with E-state index < -0.39 is 5.91 Å². The Bertz CT molecular complexity index is 1460. The molecular formula is C29H27N3O4. The normalized spacial score (nSPS) is 13.6. The third-order valence-corrected chi connectivity index (χ3v) is 6.58. The first-order valence-corrected chi connectivity index (χ1v) is 12.0. The number of hydrogen-bond donors (Lipinski definition) is 1. The van der Waals surface area contributed by atoms with Gasteiger partial charge in [-0.25, -0.2) is 0 Å². The van der Waals surface area contributed by atoms with Gasteiger partial charge >= 0.3 is 0 Å². The van der Waals surface area contributed by atoms with Crippen LogP contribution in [0.15, 0.2) is 88.1 Å². The summed E-state index contributed by atoms with van der Waals surface area (Å²) in [6.07, 6.45) is 0. The maximum Gasteiger partial charge on any atom is 0.255 e. The van der Waals surface area contributed by atoms with Gasteiger partial charge in [-0.2, -0.15) is 0 Å². The molecule has 1 N–H and O–H groups in total. The maximum atomic E-state index is 13.1. The Labute approximate surface area is 208 Å². The van der Waals surface area contributed by atoms with E-state index in [1.54, 1.807) is 30.0 Å². The number of carbonyl (C=O) groups is 2. The van der Waals surface area contributed by atoms with Crippen LogP contribution in [0.25, 0.3) is 22.3 Å². The van der Waals surface area contributed by atoms with E-state index >= 15 is 0 Å². The fourth-order valence-corrected chi connectivity index (χ4v) is 4.57. The Balaban J connectivity index is 1.30. The van der Waals surface area contributed by atoms with Crippen LogP contribution in [0.2, 0.25) is 0 Å². The van der Waals surface area contributed by atoms with Crippen LogP contribution < -0.4 is 15.6 Å². The summed E-state index contributed by atoms with van der Waals surface area (Å²) in [7, 11) is 0. The summed E-state index contributed by atoms with van der Waals surface area (Å²) < 4.78 is 6.13. The minimum Gasteiger partial charge on any atom is -0.455 e. The highest BCUT2D eigenvalue weighted by atomic mass is 16.3. The molecule has 0 radical (unpaired) electrons. The molecule has 1 fully saturated rings. The molecule has 0 bridgehead atoms. The Morgan fingerprint density at radius 3 is 2.22 bits per heavy atom. The van der Waals surface area contributed by atoms with E-state index in [0.29, 0.717) is 29.8 Å². The van der Waals surface area contributed by atoms with Gasteiger partial charge in [-0.3, -0.25) is 14.4 Å². The highest BCUT2D eigenvalue weighted by Crippen LogP contribution is 2.27. The first-order chi connectivity index (χ1) is 17.5. The average Bonchev–Trinajstić information content (AvgIpc) is 2.94. The molecule has 0 unspecified atom stereocenters. The molecule has 2 heterocycles. The average molecular weight is 482 g/mol. The molecule has 7 nitrogen and oxygen atoms in total. The molecule has 4 aromatic rings. The lowest BCUT2D eigenvalue weighted by molar-refractivity contribution is -0.130. The highest BCUT2D eigenvalue weighted by Gasteiger charge is 2.23. The van der Waals surface area contributed by atoms with E-state index in [4.69, 9.17) is 4.42 Å². The quantitative estimate of drug-likeness (QED) is 0.468. The third kappa shape index (κ3) is 4.60. The third-order valence-electron chi connectivity index (χ3n) is 6.58. The van der Waals surface area contributed by atoms with E-state index in [2.05, 4.69) is 22.3 Å². The second kappa shape index (κ2) is 10.1. The van der Waals surface area contributed by atoms with Crippen LogP contribution in [0.4, 0.5) is 5.69 Å². The molecule has 1 saturated heterocycles. The summed E-state index contributed by atoms with van der Waals surface area (Å²) in [6, 6.07) is 24.3. The van der Waals surface area contributed by atoms with Crippen molar-refractivity contribution in [3.63, 3.8) is 0 Å². The Morgan fingerprint density at radius 1 is 0.861 bits per heavy atom. The number of fused-ring (bicyclic) bond motifs is 1. The van der Waals surface area contributed by atoms with Gasteiger partial charge in [0.15, 0.2) is 11.0 Å². The van der Waals surface area contributed by atoms with Gasteiger partial charge in [-0.05, 0) is 31.2 Å². The van der Waals surface area contributed by atoms with Crippen LogP contribution in [0.3, 0.4) is 0 Å². The van der Waals surface area contributed by atoms with Crippen LogP contribution in [-0.2, 0) is 4.79 Å². The molecule has 7 heteroatoms. The first kappa shape index (κ1) is 23.4. The zero-order chi connectivity index (χ0) is 25.1. The monoisotopic (exact) mass is 481 g/mol. The fourth-order valence-electron chi connectivity index (χ4n) is 4.57. The van der Waals surface area contributed by atoms with E-state index in [0.717, 1.165) is 24.3 Å². The molecule has 5 rings (SSSR count). The molecule has 1 aliphatic heterocycles. The molecule has 182 valence electrons. The standard InChI is InChI=1S/C29H27N3O4/c1-20-26(34)23-13-8-14-24(28(23)36-27(20)21-9-4-2-5-10-21)29(35)30-19-25(33)32-17-15-31(16-18-32)22-11-6-3-7-12-22/h2-14H,15-19H2,1H3,(H,30,35). The SMILES string of the molecule is Cc1c(-c2ccccc2)oc2c(C(=O)NCC(=O)N3CCN(c4ccccc4)CC3)cccc2c1=O. The first-order valence-electron chi connectivity index (χ1n) is 12.0. The van der Waals surface area contributed by atoms with E-state index in [1.165, 1.54) is 0 Å². The summed E-state index contributed by atoms with van der Waals surface area (Å²) in [4.78, 5) is 42.9. The number of piperazine rings is 1. The van der Waals surface area contributed by atoms with Gasteiger partial charge < -0.3 is 19.5 Å². The minimum atomic E-state index is -0.456. The number of nitrogens with zero attached hydrogens (tertiary/aromatic N) is 2. The Morgan fingerprint density at radius 2 is 1.53 bits per heavy atom. The zero-order valence-electron chi connectivity index (χ0n) is 20.1. The van der Waals surface area contributed by atoms with Crippen LogP contribution >= 0.6 is 0 Å². The lowest BCUT2D eigenvalue weighted by atomic mass is 10.0. The molecule has 3 aromatic carbocycles. The fraction of sp³-hybridized carbons (Fsp3) is 0.207. The van der Waals surface area contributed by atoms with E-state index in [1.807, 2.05) is 48.5 Å². The van der Waals surface area contributed by atoms with Gasteiger partial charge in [0.2, 0.25) is 5.91 Å². The molecule has 0 spiro atoms. The summed E-state index contributed by atoms with van der Waals surface area (Å²) in [5.74, 6) is -0.165. The number of anilines is 1. The molecular weight excluding hydrogens is 454 g/mol. The predicted octanol–water partition coefficient (Wildman–Crippen LogP) is 3.85. The zero-order valence-corrected chi connectivity index (χ0v) is 20.1. The lowest BCUT2D eigenvalue weighted by Crippen LogP contribution is -2.51. The van der Waals surface area contributed by atoms with Crippen LogP contribution in [0, 0.1) is 6.92 Å². The van der Waals surface area contributed by atoms with Crippen molar-refractivity contribution in [2.45, 2.75) is 6.92 Å². The van der Waals surface area contributed by atoms with Gasteiger partial charge in [-0.1, -0.05) is 54.6 Å². The van der Waals surface area contributed by atoms with Crippen molar-refractivity contribution in [3.05, 3.63) is 100 Å². The topological polar surface area (TPSA) is 82.9 Å². The number of hydrogen-bond acceptors (Lipinski definition) is 5. The lowest BCUT2D eigenvalue weighted by Gasteiger charge is -2.36. The number of benzene rings is 3. The van der Waals surface area contributed by atoms with Crippen LogP contribution in [-0.4, -0.2) is 49.4 Å². The van der Waals surface area contributed by atoms with Crippen molar-refractivity contribution in [2.24, 2.45) is 0 Å². The van der Waals surface area contributed by atoms with E-state index in [9.17, 15) is 14.4 Å². The van der Waals surface area contributed by atoms with Crippen LogP contribution in [0.5, 0.6) is 0 Å². The van der Waals surface area contributed by atoms with Crippen molar-refractivity contribution in [2.75, 3.05) is 37.6 Å². The number of nitrogens with one attached hydrogen (secondary N) is 1. The van der Waals surface area contributed by atoms with Gasteiger partial charge in [0.25, 0.3) is 5.91 Å². The van der Waals surface area contributed by atoms with Crippen LogP contribution in [0.1, 0.15) is 15.9 Å². The van der Waals surface area contributed by atoms with Crippen molar-refractivity contribution in [1.29, 1.82) is 0 Å². The number of amides is 2. The summed E-state index contributed by atoms with van der Waals surface area (Å²) >= 11 is 0. The van der Waals surface area contributed by atoms with Gasteiger partial charge in [0.1, 0.15) is 5.76 Å². The molecule has 36 heavy (non-hydrogen) atoms.